The number of aryl methyl sites for hydroxylation is 1. The van der Waals surface area contributed by atoms with E-state index in [1.54, 1.807) is 12.1 Å². The Bertz CT molecular complexity index is 585. The van der Waals surface area contributed by atoms with E-state index in [2.05, 4.69) is 21.2 Å². The lowest BCUT2D eigenvalue weighted by molar-refractivity contribution is -0.113. The van der Waals surface area contributed by atoms with Gasteiger partial charge in [0, 0.05) is 0 Å². The molecule has 1 amide bonds. The number of carbonyl (C=O) groups excluding carboxylic acids is 1. The van der Waals surface area contributed by atoms with E-state index in [9.17, 15) is 13.2 Å². The zero-order valence-electron chi connectivity index (χ0n) is 8.66. The van der Waals surface area contributed by atoms with Crippen LogP contribution in [0.25, 0.3) is 0 Å². The Morgan fingerprint density at radius 1 is 1.47 bits per heavy atom. The first-order valence-electron chi connectivity index (χ1n) is 4.85. The van der Waals surface area contributed by atoms with Crippen LogP contribution in [0.3, 0.4) is 0 Å². The third-order valence-electron chi connectivity index (χ3n) is 2.53. The van der Waals surface area contributed by atoms with Crippen molar-refractivity contribution in [3.05, 3.63) is 22.2 Å². The Kier molecular flexibility index (Phi) is 3.47. The summed E-state index contributed by atoms with van der Waals surface area (Å²) in [5, 5.41) is 2.55. The van der Waals surface area contributed by atoms with Crippen LogP contribution in [0.1, 0.15) is 5.56 Å². The molecular weight excluding hydrogens is 330 g/mol. The van der Waals surface area contributed by atoms with Crippen molar-refractivity contribution in [1.82, 2.24) is 0 Å². The zero-order valence-corrected chi connectivity index (χ0v) is 11.8. The van der Waals surface area contributed by atoms with E-state index in [-0.39, 0.29) is 22.4 Å². The number of fused-ring (bicyclic) bond motifs is 1. The molecule has 1 aliphatic rings. The number of rotatable bonds is 2. The number of hydrogen-bond donors (Lipinski definition) is 1. The molecule has 0 unspecified atom stereocenters. The Morgan fingerprint density at radius 3 is 2.82 bits per heavy atom. The quantitative estimate of drug-likeness (QED) is 0.838. The van der Waals surface area contributed by atoms with Crippen LogP contribution in [0.2, 0.25) is 0 Å². The topological polar surface area (TPSA) is 63.2 Å². The smallest absolute Gasteiger partial charge is 0.239 e. The highest BCUT2D eigenvalue weighted by atomic mass is 79.9. The van der Waals surface area contributed by atoms with Crippen molar-refractivity contribution in [2.75, 3.05) is 16.9 Å². The van der Waals surface area contributed by atoms with Gasteiger partial charge in [-0.05, 0) is 34.0 Å². The Labute approximate surface area is 112 Å². The highest BCUT2D eigenvalue weighted by Gasteiger charge is 2.30. The summed E-state index contributed by atoms with van der Waals surface area (Å²) < 4.78 is 24.0. The summed E-state index contributed by atoms with van der Waals surface area (Å²) in [6.07, 6.45) is 0.514. The number of benzene rings is 1. The lowest BCUT2D eigenvalue weighted by Crippen LogP contribution is -2.13. The SMILES string of the molecule is O=C(CCl)Nc1ccc2c(c1Br)S(=O)(=O)CC2. The van der Waals surface area contributed by atoms with E-state index >= 15 is 0 Å². The number of alkyl halides is 1. The molecule has 92 valence electrons. The van der Waals surface area contributed by atoms with Gasteiger partial charge < -0.3 is 5.32 Å². The second-order valence-corrected chi connectivity index (χ2v) is 6.77. The monoisotopic (exact) mass is 337 g/mol. The Hall–Kier alpha value is -0.590. The van der Waals surface area contributed by atoms with Crippen LogP contribution >= 0.6 is 27.5 Å². The molecule has 1 heterocycles. The van der Waals surface area contributed by atoms with Crippen molar-refractivity contribution in [2.45, 2.75) is 11.3 Å². The molecule has 7 heteroatoms. The summed E-state index contributed by atoms with van der Waals surface area (Å²) >= 11 is 8.61. The minimum atomic E-state index is -3.23. The Morgan fingerprint density at radius 2 is 2.18 bits per heavy atom. The van der Waals surface area contributed by atoms with E-state index in [0.29, 0.717) is 16.6 Å². The van der Waals surface area contributed by atoms with Crippen LogP contribution in [-0.2, 0) is 21.1 Å². The molecule has 0 radical (unpaired) electrons. The highest BCUT2D eigenvalue weighted by molar-refractivity contribution is 9.10. The van der Waals surface area contributed by atoms with E-state index < -0.39 is 9.84 Å². The number of sulfone groups is 1. The van der Waals surface area contributed by atoms with Gasteiger partial charge >= 0.3 is 0 Å². The van der Waals surface area contributed by atoms with Crippen LogP contribution in [0.4, 0.5) is 5.69 Å². The summed E-state index contributed by atoms with van der Waals surface area (Å²) in [5.41, 5.74) is 1.21. The van der Waals surface area contributed by atoms with Crippen LogP contribution in [0.5, 0.6) is 0 Å². The largest absolute Gasteiger partial charge is 0.324 e. The van der Waals surface area contributed by atoms with Gasteiger partial charge in [0.05, 0.1) is 20.8 Å². The van der Waals surface area contributed by atoms with Gasteiger partial charge in [-0.3, -0.25) is 4.79 Å². The molecule has 17 heavy (non-hydrogen) atoms. The Balaban J connectivity index is 2.50. The number of halogens is 2. The van der Waals surface area contributed by atoms with Gasteiger partial charge in [0.2, 0.25) is 5.91 Å². The van der Waals surface area contributed by atoms with Crippen molar-refractivity contribution in [3.8, 4) is 0 Å². The fourth-order valence-electron chi connectivity index (χ4n) is 1.76. The molecule has 2 rings (SSSR count). The van der Waals surface area contributed by atoms with Crippen molar-refractivity contribution in [3.63, 3.8) is 0 Å². The molecule has 1 aromatic carbocycles. The van der Waals surface area contributed by atoms with E-state index in [4.69, 9.17) is 11.6 Å². The van der Waals surface area contributed by atoms with Crippen LogP contribution in [-0.4, -0.2) is 26.0 Å². The van der Waals surface area contributed by atoms with Crippen LogP contribution in [0.15, 0.2) is 21.5 Å². The van der Waals surface area contributed by atoms with Crippen LogP contribution < -0.4 is 5.32 Å². The van der Waals surface area contributed by atoms with Crippen molar-refractivity contribution in [1.29, 1.82) is 0 Å². The predicted octanol–water partition coefficient (Wildman–Crippen LogP) is 1.96. The zero-order chi connectivity index (χ0) is 12.6. The lowest BCUT2D eigenvalue weighted by Gasteiger charge is -2.09. The summed E-state index contributed by atoms with van der Waals surface area (Å²) in [7, 11) is -3.23. The molecule has 0 saturated heterocycles. The van der Waals surface area contributed by atoms with Gasteiger partial charge in [-0.2, -0.15) is 0 Å². The van der Waals surface area contributed by atoms with Gasteiger partial charge in [0.1, 0.15) is 5.88 Å². The lowest BCUT2D eigenvalue weighted by atomic mass is 10.1. The van der Waals surface area contributed by atoms with E-state index in [1.165, 1.54) is 0 Å². The van der Waals surface area contributed by atoms with E-state index in [0.717, 1.165) is 5.56 Å². The minimum absolute atomic E-state index is 0.119. The highest BCUT2D eigenvalue weighted by Crippen LogP contribution is 2.37. The standard InChI is InChI=1S/C10H9BrClNO3S/c11-9-7(13-8(14)5-12)2-1-6-3-4-17(15,16)10(6)9/h1-2H,3-5H2,(H,13,14). The van der Waals surface area contributed by atoms with Gasteiger partial charge in [-0.25, -0.2) is 8.42 Å². The van der Waals surface area contributed by atoms with E-state index in [1.807, 2.05) is 0 Å². The average molecular weight is 339 g/mol. The molecule has 0 atom stereocenters. The first kappa shape index (κ1) is 12.9. The number of nitrogens with one attached hydrogen (secondary N) is 1. The maximum Gasteiger partial charge on any atom is 0.239 e. The number of hydrogen-bond acceptors (Lipinski definition) is 3. The third-order valence-corrected chi connectivity index (χ3v) is 5.68. The molecule has 4 nitrogen and oxygen atoms in total. The normalized spacial score (nSPS) is 16.6. The van der Waals surface area contributed by atoms with Crippen LogP contribution in [0, 0.1) is 0 Å². The maximum atomic E-state index is 11.8. The first-order chi connectivity index (χ1) is 7.95. The number of anilines is 1. The second-order valence-electron chi connectivity index (χ2n) is 3.67. The maximum absolute atomic E-state index is 11.8. The molecule has 1 N–H and O–H groups in total. The molecule has 0 spiro atoms. The number of carbonyl (C=O) groups is 1. The van der Waals surface area contributed by atoms with Gasteiger partial charge in [-0.1, -0.05) is 6.07 Å². The summed E-state index contributed by atoms with van der Waals surface area (Å²) in [6, 6.07) is 3.39. The third kappa shape index (κ3) is 2.34. The summed E-state index contributed by atoms with van der Waals surface area (Å²) in [6.45, 7) is 0. The fraction of sp³-hybridized carbons (Fsp3) is 0.300. The van der Waals surface area contributed by atoms with Crippen molar-refractivity contribution < 1.29 is 13.2 Å². The molecule has 0 aromatic heterocycles. The molecule has 0 aliphatic carbocycles. The van der Waals surface area contributed by atoms with Gasteiger partial charge in [-0.15, -0.1) is 11.6 Å². The molecule has 0 saturated carbocycles. The summed E-state index contributed by atoms with van der Waals surface area (Å²) in [4.78, 5) is 11.5. The minimum Gasteiger partial charge on any atom is -0.324 e. The predicted molar refractivity (Wildman–Crippen MR) is 69.2 cm³/mol. The second kappa shape index (κ2) is 4.59. The van der Waals surface area contributed by atoms with Crippen molar-refractivity contribution in [2.24, 2.45) is 0 Å². The molecule has 1 aliphatic heterocycles. The summed E-state index contributed by atoms with van der Waals surface area (Å²) in [5.74, 6) is -0.424. The van der Waals surface area contributed by atoms with Gasteiger partial charge in [0.25, 0.3) is 0 Å². The molecule has 0 fully saturated rings. The molecule has 0 bridgehead atoms. The van der Waals surface area contributed by atoms with Gasteiger partial charge in [0.15, 0.2) is 9.84 Å². The average Bonchev–Trinajstić information content (AvgIpc) is 2.59. The molecule has 1 aromatic rings. The molecular formula is C10H9BrClNO3S. The first-order valence-corrected chi connectivity index (χ1v) is 7.83. The fourth-order valence-corrected chi connectivity index (χ4v) is 4.69. The number of amides is 1. The van der Waals surface area contributed by atoms with Crippen molar-refractivity contribution >= 4 is 49.0 Å².